The SMILES string of the molecule is O=S(=O)(O)c1ccccc1CC(I)CCCCCCCCI. The molecular formula is C16H24I2O3S. The maximum absolute atomic E-state index is 11.4. The first kappa shape index (κ1) is 20.6. The highest BCUT2D eigenvalue weighted by Gasteiger charge is 2.16. The Labute approximate surface area is 161 Å². The number of hydrogen-bond acceptors (Lipinski definition) is 2. The molecule has 0 radical (unpaired) electrons. The van der Waals surface area contributed by atoms with Gasteiger partial charge < -0.3 is 0 Å². The zero-order chi connectivity index (χ0) is 16.4. The molecule has 0 heterocycles. The molecule has 1 aromatic rings. The fraction of sp³-hybridized carbons (Fsp3) is 0.625. The summed E-state index contributed by atoms with van der Waals surface area (Å²) in [6.07, 6.45) is 9.48. The molecule has 0 spiro atoms. The summed E-state index contributed by atoms with van der Waals surface area (Å²) in [6, 6.07) is 6.73. The van der Waals surface area contributed by atoms with Gasteiger partial charge >= 0.3 is 0 Å². The summed E-state index contributed by atoms with van der Waals surface area (Å²) in [5.74, 6) is 0. The smallest absolute Gasteiger partial charge is 0.282 e. The molecular weight excluding hydrogens is 526 g/mol. The monoisotopic (exact) mass is 550 g/mol. The van der Waals surface area contributed by atoms with Gasteiger partial charge in [-0.25, -0.2) is 0 Å². The van der Waals surface area contributed by atoms with E-state index in [1.165, 1.54) is 49.0 Å². The summed E-state index contributed by atoms with van der Waals surface area (Å²) >= 11 is 4.81. The third-order valence-corrected chi connectivity index (χ3v) is 6.37. The fourth-order valence-electron chi connectivity index (χ4n) is 2.43. The van der Waals surface area contributed by atoms with Crippen LogP contribution in [0.1, 0.15) is 50.5 Å². The maximum Gasteiger partial charge on any atom is 0.294 e. The van der Waals surface area contributed by atoms with Crippen LogP contribution in [0.5, 0.6) is 0 Å². The predicted molar refractivity (Wildman–Crippen MR) is 109 cm³/mol. The topological polar surface area (TPSA) is 54.4 Å². The summed E-state index contributed by atoms with van der Waals surface area (Å²) in [6.45, 7) is 0. The Hall–Kier alpha value is 0.590. The first-order valence-corrected chi connectivity index (χ1v) is 11.9. The second kappa shape index (κ2) is 11.2. The van der Waals surface area contributed by atoms with E-state index < -0.39 is 10.1 Å². The van der Waals surface area contributed by atoms with Gasteiger partial charge in [0.15, 0.2) is 0 Å². The van der Waals surface area contributed by atoms with E-state index in [9.17, 15) is 13.0 Å². The number of unbranched alkanes of at least 4 members (excludes halogenated alkanes) is 5. The summed E-state index contributed by atoms with van der Waals surface area (Å²) in [5.41, 5.74) is 0.714. The summed E-state index contributed by atoms with van der Waals surface area (Å²) in [4.78, 5) is 0.0514. The summed E-state index contributed by atoms with van der Waals surface area (Å²) in [7, 11) is -4.12. The molecule has 0 aliphatic heterocycles. The van der Waals surface area contributed by atoms with Crippen LogP contribution in [0.4, 0.5) is 0 Å². The second-order valence-corrected chi connectivity index (χ2v) is 9.71. The van der Waals surface area contributed by atoms with Gasteiger partial charge in [-0.05, 0) is 35.3 Å². The molecule has 0 saturated carbocycles. The van der Waals surface area contributed by atoms with Gasteiger partial charge in [0.05, 0.1) is 4.90 Å². The third kappa shape index (κ3) is 8.44. The Kier molecular flexibility index (Phi) is 10.5. The average molecular weight is 550 g/mol. The van der Waals surface area contributed by atoms with Crippen molar-refractivity contribution >= 4 is 55.3 Å². The van der Waals surface area contributed by atoms with E-state index >= 15 is 0 Å². The normalized spacial score (nSPS) is 13.2. The van der Waals surface area contributed by atoms with Crippen molar-refractivity contribution in [1.82, 2.24) is 0 Å². The molecule has 0 aliphatic carbocycles. The van der Waals surface area contributed by atoms with Crippen LogP contribution in [-0.2, 0) is 16.5 Å². The Morgan fingerprint density at radius 1 is 1.00 bits per heavy atom. The fourth-order valence-corrected chi connectivity index (χ4v) is 4.62. The molecule has 0 aromatic heterocycles. The quantitative estimate of drug-likeness (QED) is 0.173. The number of rotatable bonds is 11. The molecule has 0 aliphatic rings. The van der Waals surface area contributed by atoms with Crippen molar-refractivity contribution in [2.75, 3.05) is 4.43 Å². The molecule has 6 heteroatoms. The predicted octanol–water partition coefficient (Wildman–Crippen LogP) is 5.45. The molecule has 22 heavy (non-hydrogen) atoms. The van der Waals surface area contributed by atoms with Gasteiger partial charge in [0.25, 0.3) is 10.1 Å². The lowest BCUT2D eigenvalue weighted by molar-refractivity contribution is 0.482. The van der Waals surface area contributed by atoms with Crippen LogP contribution in [0.15, 0.2) is 29.2 Å². The molecule has 1 aromatic carbocycles. The summed E-state index contributed by atoms with van der Waals surface area (Å²) < 4.78 is 33.7. The molecule has 1 atom stereocenters. The molecule has 0 amide bonds. The lowest BCUT2D eigenvalue weighted by Crippen LogP contribution is -2.08. The van der Waals surface area contributed by atoms with Gasteiger partial charge in [0, 0.05) is 3.92 Å². The third-order valence-electron chi connectivity index (χ3n) is 3.59. The minimum atomic E-state index is -4.12. The second-order valence-electron chi connectivity index (χ2n) is 5.48. The highest BCUT2D eigenvalue weighted by atomic mass is 127. The van der Waals surface area contributed by atoms with Crippen LogP contribution in [0.2, 0.25) is 0 Å². The first-order valence-electron chi connectivity index (χ1n) is 7.70. The van der Waals surface area contributed by atoms with Crippen LogP contribution in [0.25, 0.3) is 0 Å². The number of alkyl halides is 2. The highest BCUT2D eigenvalue weighted by molar-refractivity contribution is 14.1. The van der Waals surface area contributed by atoms with Crippen molar-refractivity contribution in [3.8, 4) is 0 Å². The minimum absolute atomic E-state index is 0.0514. The van der Waals surface area contributed by atoms with Crippen molar-refractivity contribution in [2.45, 2.75) is 60.2 Å². The molecule has 3 nitrogen and oxygen atoms in total. The van der Waals surface area contributed by atoms with Crippen molar-refractivity contribution in [1.29, 1.82) is 0 Å². The minimum Gasteiger partial charge on any atom is -0.282 e. The molecule has 0 saturated heterocycles. The number of hydrogen-bond donors (Lipinski definition) is 1. The van der Waals surface area contributed by atoms with Crippen molar-refractivity contribution in [2.24, 2.45) is 0 Å². The van der Waals surface area contributed by atoms with E-state index in [1.807, 2.05) is 6.07 Å². The van der Waals surface area contributed by atoms with Crippen molar-refractivity contribution in [3.63, 3.8) is 0 Å². The van der Waals surface area contributed by atoms with E-state index in [0.717, 1.165) is 6.42 Å². The van der Waals surface area contributed by atoms with E-state index in [0.29, 0.717) is 15.9 Å². The lowest BCUT2D eigenvalue weighted by atomic mass is 10.0. The van der Waals surface area contributed by atoms with Crippen LogP contribution < -0.4 is 0 Å². The molecule has 0 bridgehead atoms. The molecule has 0 fully saturated rings. The Balaban J connectivity index is 2.35. The molecule has 126 valence electrons. The first-order chi connectivity index (χ1) is 10.4. The maximum atomic E-state index is 11.4. The van der Waals surface area contributed by atoms with Crippen molar-refractivity contribution in [3.05, 3.63) is 29.8 Å². The largest absolute Gasteiger partial charge is 0.294 e. The van der Waals surface area contributed by atoms with Gasteiger partial charge in [-0.1, -0.05) is 95.5 Å². The van der Waals surface area contributed by atoms with E-state index in [4.69, 9.17) is 0 Å². The van der Waals surface area contributed by atoms with Crippen molar-refractivity contribution < 1.29 is 13.0 Å². The highest BCUT2D eigenvalue weighted by Crippen LogP contribution is 2.22. The van der Waals surface area contributed by atoms with Crippen LogP contribution in [-0.4, -0.2) is 21.3 Å². The molecule has 1 N–H and O–H groups in total. The van der Waals surface area contributed by atoms with E-state index in [-0.39, 0.29) is 4.90 Å². The average Bonchev–Trinajstić information content (AvgIpc) is 2.46. The molecule has 1 unspecified atom stereocenters. The Morgan fingerprint density at radius 3 is 2.23 bits per heavy atom. The van der Waals surface area contributed by atoms with Gasteiger partial charge in [-0.3, -0.25) is 4.55 Å². The van der Waals surface area contributed by atoms with E-state index in [2.05, 4.69) is 45.2 Å². The van der Waals surface area contributed by atoms with Gasteiger partial charge in [0.1, 0.15) is 0 Å². The van der Waals surface area contributed by atoms with Gasteiger partial charge in [0.2, 0.25) is 0 Å². The summed E-state index contributed by atoms with van der Waals surface area (Å²) in [5, 5.41) is 0. The Morgan fingerprint density at radius 2 is 1.59 bits per heavy atom. The van der Waals surface area contributed by atoms with E-state index in [1.54, 1.807) is 12.1 Å². The Bertz CT molecular complexity index is 532. The lowest BCUT2D eigenvalue weighted by Gasteiger charge is -2.12. The number of halogens is 2. The molecule has 1 rings (SSSR count). The van der Waals surface area contributed by atoms with Crippen LogP contribution >= 0.6 is 45.2 Å². The van der Waals surface area contributed by atoms with Gasteiger partial charge in [-0.15, -0.1) is 0 Å². The zero-order valence-electron chi connectivity index (χ0n) is 12.7. The number of benzene rings is 1. The standard InChI is InChI=1S/C16H24I2O3S/c17-12-8-4-2-1-3-5-10-15(18)13-14-9-6-7-11-16(14)22(19,20)21/h6-7,9,11,15H,1-5,8,10,12-13H2,(H,19,20,21). The van der Waals surface area contributed by atoms with Crippen LogP contribution in [0.3, 0.4) is 0 Å². The van der Waals surface area contributed by atoms with Crippen LogP contribution in [0, 0.1) is 0 Å². The van der Waals surface area contributed by atoms with Gasteiger partial charge in [-0.2, -0.15) is 8.42 Å². The zero-order valence-corrected chi connectivity index (χ0v) is 17.8.